The smallest absolute Gasteiger partial charge is 0.262 e. The van der Waals surface area contributed by atoms with Crippen molar-refractivity contribution >= 4 is 39.9 Å². The lowest BCUT2D eigenvalue weighted by Gasteiger charge is -2.11. The lowest BCUT2D eigenvalue weighted by Crippen LogP contribution is -2.21. The van der Waals surface area contributed by atoms with E-state index in [1.807, 2.05) is 37.3 Å². The van der Waals surface area contributed by atoms with Gasteiger partial charge in [0, 0.05) is 11.4 Å². The number of nitrogen functional groups attached to an aromatic ring is 1. The number of ether oxygens (including phenoxy) is 1. The quantitative estimate of drug-likeness (QED) is 0.631. The summed E-state index contributed by atoms with van der Waals surface area (Å²) in [5, 5.41) is 2.79. The number of nitrogens with one attached hydrogen (secondary N) is 1. The van der Waals surface area contributed by atoms with Crippen LogP contribution in [0, 0.1) is 10.5 Å². The van der Waals surface area contributed by atoms with Gasteiger partial charge < -0.3 is 15.8 Å². The van der Waals surface area contributed by atoms with E-state index in [-0.39, 0.29) is 12.5 Å². The number of nitrogens with two attached hydrogens (primary N) is 1. The number of anilines is 2. The third kappa shape index (κ3) is 3.63. The topological polar surface area (TPSA) is 64.3 Å². The molecule has 2 rings (SSSR count). The Kier molecular flexibility index (Phi) is 4.84. The summed E-state index contributed by atoms with van der Waals surface area (Å²) in [7, 11) is 0. The van der Waals surface area contributed by atoms with Crippen molar-refractivity contribution in [2.45, 2.75) is 6.92 Å². The van der Waals surface area contributed by atoms with Crippen molar-refractivity contribution in [2.75, 3.05) is 17.7 Å². The lowest BCUT2D eigenvalue weighted by molar-refractivity contribution is -0.118. The molecule has 3 N–H and O–H groups in total. The summed E-state index contributed by atoms with van der Waals surface area (Å²) in [5.41, 5.74) is 8.02. The van der Waals surface area contributed by atoms with E-state index >= 15 is 0 Å². The second-order valence-corrected chi connectivity index (χ2v) is 5.45. The maximum Gasteiger partial charge on any atom is 0.262 e. The highest BCUT2D eigenvalue weighted by molar-refractivity contribution is 14.1. The van der Waals surface area contributed by atoms with Crippen LogP contribution < -0.4 is 15.8 Å². The summed E-state index contributed by atoms with van der Waals surface area (Å²) in [6.45, 7) is 1.83. The predicted octanol–water partition coefficient (Wildman–Crippen LogP) is 3.20. The van der Waals surface area contributed by atoms with E-state index in [2.05, 4.69) is 27.9 Å². The largest absolute Gasteiger partial charge is 0.483 e. The van der Waals surface area contributed by atoms with E-state index in [4.69, 9.17) is 10.5 Å². The Morgan fingerprint density at radius 3 is 2.75 bits per heavy atom. The number of halogens is 1. The number of carbonyl (C=O) groups is 1. The zero-order valence-electron chi connectivity index (χ0n) is 11.0. The van der Waals surface area contributed by atoms with Crippen molar-refractivity contribution in [2.24, 2.45) is 0 Å². The van der Waals surface area contributed by atoms with Crippen molar-refractivity contribution < 1.29 is 9.53 Å². The molecule has 4 nitrogen and oxygen atoms in total. The van der Waals surface area contributed by atoms with Gasteiger partial charge in [0.15, 0.2) is 6.61 Å². The van der Waals surface area contributed by atoms with Gasteiger partial charge in [0.25, 0.3) is 5.91 Å². The average Bonchev–Trinajstić information content (AvgIpc) is 2.43. The van der Waals surface area contributed by atoms with Gasteiger partial charge in [-0.15, -0.1) is 0 Å². The molecule has 1 amide bonds. The maximum absolute atomic E-state index is 11.9. The lowest BCUT2D eigenvalue weighted by atomic mass is 10.1. The highest BCUT2D eigenvalue weighted by Crippen LogP contribution is 2.21. The fraction of sp³-hybridized carbons (Fsp3) is 0.133. The Labute approximate surface area is 131 Å². The van der Waals surface area contributed by atoms with Crippen LogP contribution in [0.1, 0.15) is 5.56 Å². The molecule has 0 radical (unpaired) electrons. The van der Waals surface area contributed by atoms with E-state index < -0.39 is 0 Å². The Morgan fingerprint density at radius 2 is 2.00 bits per heavy atom. The molecular formula is C15H15IN2O2. The Hall–Kier alpha value is -1.76. The van der Waals surface area contributed by atoms with Crippen LogP contribution in [-0.4, -0.2) is 12.5 Å². The van der Waals surface area contributed by atoms with Gasteiger partial charge in [0.1, 0.15) is 5.75 Å². The van der Waals surface area contributed by atoms with Crippen molar-refractivity contribution in [1.82, 2.24) is 0 Å². The fourth-order valence-electron chi connectivity index (χ4n) is 1.68. The average molecular weight is 382 g/mol. The first-order valence-electron chi connectivity index (χ1n) is 6.10. The Morgan fingerprint density at radius 1 is 1.25 bits per heavy atom. The molecule has 0 spiro atoms. The first-order chi connectivity index (χ1) is 9.58. The molecule has 2 aromatic carbocycles. The van der Waals surface area contributed by atoms with Gasteiger partial charge in [-0.25, -0.2) is 0 Å². The van der Waals surface area contributed by atoms with E-state index in [9.17, 15) is 4.79 Å². The minimum atomic E-state index is -0.210. The predicted molar refractivity (Wildman–Crippen MR) is 88.9 cm³/mol. The maximum atomic E-state index is 11.9. The molecule has 0 unspecified atom stereocenters. The monoisotopic (exact) mass is 382 g/mol. The summed E-state index contributed by atoms with van der Waals surface area (Å²) in [6.07, 6.45) is 0. The molecule has 0 aromatic heterocycles. The van der Waals surface area contributed by atoms with Crippen LogP contribution in [0.15, 0.2) is 42.5 Å². The van der Waals surface area contributed by atoms with Crippen LogP contribution in [0.5, 0.6) is 5.75 Å². The van der Waals surface area contributed by atoms with Gasteiger partial charge in [-0.3, -0.25) is 4.79 Å². The molecule has 0 saturated carbocycles. The SMILES string of the molecule is Cc1c(N)cccc1NC(=O)COc1ccccc1I. The van der Waals surface area contributed by atoms with E-state index in [1.54, 1.807) is 12.1 Å². The van der Waals surface area contributed by atoms with Crippen molar-refractivity contribution in [1.29, 1.82) is 0 Å². The minimum absolute atomic E-state index is 0.0335. The van der Waals surface area contributed by atoms with Gasteiger partial charge >= 0.3 is 0 Å². The fourth-order valence-corrected chi connectivity index (χ4v) is 2.22. The highest BCUT2D eigenvalue weighted by atomic mass is 127. The third-order valence-electron chi connectivity index (χ3n) is 2.85. The van der Waals surface area contributed by atoms with Crippen LogP contribution >= 0.6 is 22.6 Å². The van der Waals surface area contributed by atoms with Crippen molar-refractivity contribution in [3.8, 4) is 5.75 Å². The molecule has 0 saturated heterocycles. The number of rotatable bonds is 4. The summed E-state index contributed by atoms with van der Waals surface area (Å²) < 4.78 is 6.46. The summed E-state index contributed by atoms with van der Waals surface area (Å²) in [5.74, 6) is 0.492. The van der Waals surface area contributed by atoms with E-state index in [1.165, 1.54) is 0 Å². The number of amides is 1. The Balaban J connectivity index is 1.96. The normalized spacial score (nSPS) is 10.1. The zero-order chi connectivity index (χ0) is 14.5. The van der Waals surface area contributed by atoms with Crippen LogP contribution in [0.25, 0.3) is 0 Å². The molecule has 20 heavy (non-hydrogen) atoms. The summed E-state index contributed by atoms with van der Waals surface area (Å²) >= 11 is 2.17. The van der Waals surface area contributed by atoms with Gasteiger partial charge in [0.05, 0.1) is 3.57 Å². The number of benzene rings is 2. The van der Waals surface area contributed by atoms with Gasteiger partial charge in [-0.2, -0.15) is 0 Å². The number of carbonyl (C=O) groups excluding carboxylic acids is 1. The second kappa shape index (κ2) is 6.60. The zero-order valence-corrected chi connectivity index (χ0v) is 13.2. The van der Waals surface area contributed by atoms with Crippen molar-refractivity contribution in [3.63, 3.8) is 0 Å². The molecule has 0 aliphatic rings. The van der Waals surface area contributed by atoms with E-state index in [0.29, 0.717) is 17.1 Å². The number of hydrogen-bond donors (Lipinski definition) is 2. The summed E-state index contributed by atoms with van der Waals surface area (Å²) in [6, 6.07) is 13.0. The van der Waals surface area contributed by atoms with Gasteiger partial charge in [0.2, 0.25) is 0 Å². The molecule has 0 bridgehead atoms. The van der Waals surface area contributed by atoms with Crippen LogP contribution in [0.2, 0.25) is 0 Å². The molecule has 0 atom stereocenters. The first kappa shape index (κ1) is 14.6. The van der Waals surface area contributed by atoms with Crippen molar-refractivity contribution in [3.05, 3.63) is 51.6 Å². The number of para-hydroxylation sites is 1. The Bertz CT molecular complexity index is 629. The van der Waals surface area contributed by atoms with Crippen LogP contribution in [0.4, 0.5) is 11.4 Å². The van der Waals surface area contributed by atoms with Gasteiger partial charge in [-0.1, -0.05) is 18.2 Å². The molecule has 0 aliphatic carbocycles. The third-order valence-corrected chi connectivity index (χ3v) is 3.74. The first-order valence-corrected chi connectivity index (χ1v) is 7.18. The van der Waals surface area contributed by atoms with Crippen LogP contribution in [-0.2, 0) is 4.79 Å². The van der Waals surface area contributed by atoms with Crippen LogP contribution in [0.3, 0.4) is 0 Å². The molecule has 104 valence electrons. The standard InChI is InChI=1S/C15H15IN2O2/c1-10-12(17)6-4-7-13(10)18-15(19)9-20-14-8-3-2-5-11(14)16/h2-8H,9,17H2,1H3,(H,18,19). The molecule has 2 aromatic rings. The molecule has 0 fully saturated rings. The second-order valence-electron chi connectivity index (χ2n) is 4.29. The highest BCUT2D eigenvalue weighted by Gasteiger charge is 2.08. The molecule has 0 aliphatic heterocycles. The molecule has 5 heteroatoms. The minimum Gasteiger partial charge on any atom is -0.483 e. The molecule has 0 heterocycles. The number of hydrogen-bond acceptors (Lipinski definition) is 3. The summed E-state index contributed by atoms with van der Waals surface area (Å²) in [4.78, 5) is 11.9. The molecular weight excluding hydrogens is 367 g/mol. The van der Waals surface area contributed by atoms with E-state index in [0.717, 1.165) is 9.13 Å². The van der Waals surface area contributed by atoms with Gasteiger partial charge in [-0.05, 0) is 59.3 Å².